The van der Waals surface area contributed by atoms with E-state index < -0.39 is 0 Å². The smallest absolute Gasteiger partial charge is 0.240 e. The Kier molecular flexibility index (Phi) is 4.49. The van der Waals surface area contributed by atoms with Crippen molar-refractivity contribution in [1.29, 1.82) is 0 Å². The lowest BCUT2D eigenvalue weighted by Gasteiger charge is -2.10. The van der Waals surface area contributed by atoms with Crippen LogP contribution < -0.4 is 10.7 Å². The van der Waals surface area contributed by atoms with Gasteiger partial charge in [0.25, 0.3) is 0 Å². The zero-order valence-corrected chi connectivity index (χ0v) is 14.3. The lowest BCUT2D eigenvalue weighted by molar-refractivity contribution is -0.121. The summed E-state index contributed by atoms with van der Waals surface area (Å²) in [5.74, 6) is 0.341. The second-order valence-electron chi connectivity index (χ2n) is 6.00. The highest BCUT2D eigenvalue weighted by molar-refractivity contribution is 5.82. The van der Waals surface area contributed by atoms with Gasteiger partial charge in [-0.15, -0.1) is 0 Å². The third-order valence-corrected chi connectivity index (χ3v) is 4.14. The van der Waals surface area contributed by atoms with Crippen LogP contribution in [0.1, 0.15) is 5.76 Å². The van der Waals surface area contributed by atoms with Gasteiger partial charge in [0.15, 0.2) is 11.2 Å². The molecule has 0 saturated carbocycles. The lowest BCUT2D eigenvalue weighted by atomic mass is 10.2. The van der Waals surface area contributed by atoms with Crippen molar-refractivity contribution in [2.45, 2.75) is 13.1 Å². The number of hydrogen-bond acceptors (Lipinski definition) is 5. The standard InChI is InChI=1S/C20H16N4O3/c25-19-8-10-24(18-7-2-1-5-15(18)19)13-20(26)22-12-14-11-17(23-27-14)16-6-3-4-9-21-16/h1-11H,12-13H2,(H,22,26). The van der Waals surface area contributed by atoms with Crippen molar-refractivity contribution in [2.24, 2.45) is 0 Å². The number of pyridine rings is 2. The molecule has 4 aromatic rings. The molecule has 134 valence electrons. The Labute approximate surface area is 154 Å². The quantitative estimate of drug-likeness (QED) is 0.590. The van der Waals surface area contributed by atoms with E-state index in [2.05, 4.69) is 15.5 Å². The van der Waals surface area contributed by atoms with Crippen LogP contribution in [0.25, 0.3) is 22.3 Å². The number of rotatable bonds is 5. The highest BCUT2D eigenvalue weighted by Gasteiger charge is 2.10. The summed E-state index contributed by atoms with van der Waals surface area (Å²) < 4.78 is 6.99. The first-order valence-electron chi connectivity index (χ1n) is 8.42. The first-order chi connectivity index (χ1) is 13.2. The van der Waals surface area contributed by atoms with Gasteiger partial charge in [-0.05, 0) is 24.3 Å². The van der Waals surface area contributed by atoms with Gasteiger partial charge in [0.1, 0.15) is 12.2 Å². The van der Waals surface area contributed by atoms with E-state index in [1.807, 2.05) is 30.3 Å². The molecule has 0 aliphatic carbocycles. The van der Waals surface area contributed by atoms with Crippen molar-refractivity contribution < 1.29 is 9.32 Å². The number of benzene rings is 1. The summed E-state index contributed by atoms with van der Waals surface area (Å²) in [6.45, 7) is 0.318. The van der Waals surface area contributed by atoms with E-state index in [0.29, 0.717) is 22.5 Å². The molecular formula is C20H16N4O3. The average Bonchev–Trinajstić information content (AvgIpc) is 3.19. The number of nitrogens with one attached hydrogen (secondary N) is 1. The number of carbonyl (C=O) groups is 1. The summed E-state index contributed by atoms with van der Waals surface area (Å²) in [7, 11) is 0. The van der Waals surface area contributed by atoms with Gasteiger partial charge in [0.2, 0.25) is 5.91 Å². The number of aromatic nitrogens is 3. The molecule has 0 spiro atoms. The van der Waals surface area contributed by atoms with Crippen molar-refractivity contribution in [3.05, 3.63) is 83.0 Å². The molecule has 0 unspecified atom stereocenters. The number of carbonyl (C=O) groups excluding carboxylic acids is 1. The number of hydrogen-bond donors (Lipinski definition) is 1. The molecule has 0 aliphatic rings. The molecule has 7 nitrogen and oxygen atoms in total. The molecule has 3 heterocycles. The average molecular weight is 360 g/mol. The highest BCUT2D eigenvalue weighted by Crippen LogP contribution is 2.16. The molecule has 0 fully saturated rings. The molecule has 1 N–H and O–H groups in total. The van der Waals surface area contributed by atoms with Crippen LogP contribution in [0, 0.1) is 0 Å². The molecule has 0 atom stereocenters. The Morgan fingerprint density at radius 1 is 1.07 bits per heavy atom. The van der Waals surface area contributed by atoms with Crippen LogP contribution in [-0.2, 0) is 17.9 Å². The third kappa shape index (κ3) is 3.62. The van der Waals surface area contributed by atoms with Crippen LogP contribution in [0.15, 0.2) is 76.3 Å². The Morgan fingerprint density at radius 3 is 2.78 bits per heavy atom. The van der Waals surface area contributed by atoms with Gasteiger partial charge in [-0.3, -0.25) is 14.6 Å². The zero-order valence-electron chi connectivity index (χ0n) is 14.3. The molecule has 7 heteroatoms. The van der Waals surface area contributed by atoms with Gasteiger partial charge in [-0.1, -0.05) is 23.4 Å². The normalized spacial score (nSPS) is 10.8. The Hall–Kier alpha value is -3.74. The maximum Gasteiger partial charge on any atom is 0.240 e. The number of fused-ring (bicyclic) bond motifs is 1. The molecule has 1 aromatic carbocycles. The molecule has 3 aromatic heterocycles. The van der Waals surface area contributed by atoms with Crippen molar-refractivity contribution in [3.63, 3.8) is 0 Å². The predicted octanol–water partition coefficient (Wildman–Crippen LogP) is 2.37. The molecule has 27 heavy (non-hydrogen) atoms. The molecular weight excluding hydrogens is 344 g/mol. The minimum Gasteiger partial charge on any atom is -0.359 e. The third-order valence-electron chi connectivity index (χ3n) is 4.14. The molecule has 0 bridgehead atoms. The van der Waals surface area contributed by atoms with Gasteiger partial charge in [-0.25, -0.2) is 0 Å². The second-order valence-corrected chi connectivity index (χ2v) is 6.00. The van der Waals surface area contributed by atoms with E-state index in [4.69, 9.17) is 4.52 Å². The van der Waals surface area contributed by atoms with E-state index in [1.54, 1.807) is 35.2 Å². The monoisotopic (exact) mass is 360 g/mol. The summed E-state index contributed by atoms with van der Waals surface area (Å²) >= 11 is 0. The highest BCUT2D eigenvalue weighted by atomic mass is 16.5. The maximum atomic E-state index is 12.3. The van der Waals surface area contributed by atoms with Crippen LogP contribution in [0.5, 0.6) is 0 Å². The van der Waals surface area contributed by atoms with Crippen LogP contribution in [0.2, 0.25) is 0 Å². The van der Waals surface area contributed by atoms with E-state index in [1.165, 1.54) is 6.07 Å². The number of para-hydroxylation sites is 1. The predicted molar refractivity (Wildman–Crippen MR) is 99.8 cm³/mol. The minimum atomic E-state index is -0.195. The molecule has 0 radical (unpaired) electrons. The van der Waals surface area contributed by atoms with Gasteiger partial charge in [0, 0.05) is 29.9 Å². The summed E-state index contributed by atoms with van der Waals surface area (Å²) in [6.07, 6.45) is 3.30. The topological polar surface area (TPSA) is 90.0 Å². The summed E-state index contributed by atoms with van der Waals surface area (Å²) in [6, 6.07) is 15.9. The van der Waals surface area contributed by atoms with Crippen molar-refractivity contribution in [2.75, 3.05) is 0 Å². The fourth-order valence-electron chi connectivity index (χ4n) is 2.83. The van der Waals surface area contributed by atoms with Crippen molar-refractivity contribution >= 4 is 16.8 Å². The fraction of sp³-hybridized carbons (Fsp3) is 0.100. The van der Waals surface area contributed by atoms with Gasteiger partial charge >= 0.3 is 0 Å². The van der Waals surface area contributed by atoms with Crippen LogP contribution in [0.3, 0.4) is 0 Å². The Balaban J connectivity index is 1.43. The Morgan fingerprint density at radius 2 is 1.93 bits per heavy atom. The van der Waals surface area contributed by atoms with E-state index in [9.17, 15) is 9.59 Å². The maximum absolute atomic E-state index is 12.3. The lowest BCUT2D eigenvalue weighted by Crippen LogP contribution is -2.27. The van der Waals surface area contributed by atoms with Gasteiger partial charge in [0.05, 0.1) is 17.8 Å². The van der Waals surface area contributed by atoms with E-state index >= 15 is 0 Å². The number of nitrogens with zero attached hydrogens (tertiary/aromatic N) is 3. The van der Waals surface area contributed by atoms with Crippen LogP contribution in [0.4, 0.5) is 0 Å². The van der Waals surface area contributed by atoms with Crippen molar-refractivity contribution in [3.8, 4) is 11.4 Å². The van der Waals surface area contributed by atoms with Crippen LogP contribution in [-0.4, -0.2) is 20.6 Å². The van der Waals surface area contributed by atoms with E-state index in [-0.39, 0.29) is 24.4 Å². The van der Waals surface area contributed by atoms with Gasteiger partial charge < -0.3 is 14.4 Å². The summed E-state index contributed by atoms with van der Waals surface area (Å²) in [4.78, 5) is 28.4. The largest absolute Gasteiger partial charge is 0.359 e. The Bertz CT molecular complexity index is 1150. The molecule has 1 amide bonds. The first-order valence-corrected chi connectivity index (χ1v) is 8.42. The zero-order chi connectivity index (χ0) is 18.6. The number of amides is 1. The summed E-state index contributed by atoms with van der Waals surface area (Å²) in [5, 5.41) is 7.36. The second kappa shape index (κ2) is 7.25. The molecule has 0 saturated heterocycles. The van der Waals surface area contributed by atoms with Crippen LogP contribution >= 0.6 is 0 Å². The van der Waals surface area contributed by atoms with Crippen molar-refractivity contribution in [1.82, 2.24) is 20.0 Å². The SMILES string of the molecule is O=C(Cn1ccc(=O)c2ccccc21)NCc1cc(-c2ccccn2)no1. The van der Waals surface area contributed by atoms with Gasteiger partial charge in [-0.2, -0.15) is 0 Å². The molecule has 4 rings (SSSR count). The minimum absolute atomic E-state index is 0.0639. The first kappa shape index (κ1) is 16.7. The summed E-state index contributed by atoms with van der Waals surface area (Å²) in [5.41, 5.74) is 1.98. The van der Waals surface area contributed by atoms with E-state index in [0.717, 1.165) is 5.52 Å². The fourth-order valence-corrected chi connectivity index (χ4v) is 2.83. The molecule has 0 aliphatic heterocycles.